The van der Waals surface area contributed by atoms with Crippen LogP contribution in [0.2, 0.25) is 0 Å². The van der Waals surface area contributed by atoms with Crippen LogP contribution in [0.1, 0.15) is 12.2 Å². The Morgan fingerprint density at radius 2 is 2.25 bits per heavy atom. The number of hydrogen-bond acceptors (Lipinski definition) is 4. The van der Waals surface area contributed by atoms with Crippen LogP contribution < -0.4 is 5.69 Å². The number of amides is 1. The molecule has 0 bridgehead atoms. The second kappa shape index (κ2) is 5.65. The zero-order valence-corrected chi connectivity index (χ0v) is 10.4. The van der Waals surface area contributed by atoms with E-state index in [1.165, 1.54) is 0 Å². The molecule has 1 aliphatic rings. The summed E-state index contributed by atoms with van der Waals surface area (Å²) in [6.45, 7) is -0.517. The molecule has 2 N–H and O–H groups in total. The van der Waals surface area contributed by atoms with E-state index in [-0.39, 0.29) is 26.0 Å². The van der Waals surface area contributed by atoms with E-state index in [9.17, 15) is 22.8 Å². The highest BCUT2D eigenvalue weighted by Crippen LogP contribution is 2.25. The molecule has 1 aromatic rings. The Balaban J connectivity index is 1.87. The Bertz CT molecular complexity index is 524. The summed E-state index contributed by atoms with van der Waals surface area (Å²) in [5.41, 5.74) is -0.490. The number of aromatic amines is 2. The average molecular weight is 294 g/mol. The van der Waals surface area contributed by atoms with E-state index in [1.54, 1.807) is 0 Å². The van der Waals surface area contributed by atoms with Gasteiger partial charge in [-0.15, -0.1) is 0 Å². The van der Waals surface area contributed by atoms with Crippen LogP contribution in [0.3, 0.4) is 0 Å². The first-order valence-corrected chi connectivity index (χ1v) is 5.96. The predicted molar refractivity (Wildman–Crippen MR) is 59.9 cm³/mol. The van der Waals surface area contributed by atoms with Gasteiger partial charge >= 0.3 is 11.9 Å². The smallest absolute Gasteiger partial charge is 0.365 e. The molecule has 1 atom stereocenters. The van der Waals surface area contributed by atoms with Crippen molar-refractivity contribution < 1.29 is 22.7 Å². The Kier molecular flexibility index (Phi) is 4.12. The van der Waals surface area contributed by atoms with E-state index in [0.717, 1.165) is 4.90 Å². The fourth-order valence-electron chi connectivity index (χ4n) is 1.88. The average Bonchev–Trinajstić information content (AvgIpc) is 2.81. The quantitative estimate of drug-likeness (QED) is 0.809. The molecule has 112 valence electrons. The molecule has 0 radical (unpaired) electrons. The van der Waals surface area contributed by atoms with Crippen molar-refractivity contribution in [3.8, 4) is 0 Å². The molecular weight excluding hydrogens is 281 g/mol. The highest BCUT2D eigenvalue weighted by molar-refractivity contribution is 5.76. The number of ether oxygens (including phenoxy) is 1. The number of carbonyl (C=O) groups excluding carboxylic acids is 1. The van der Waals surface area contributed by atoms with Crippen molar-refractivity contribution in [1.82, 2.24) is 20.1 Å². The molecule has 0 aliphatic carbocycles. The molecule has 1 aromatic heterocycles. The molecule has 1 unspecified atom stereocenters. The van der Waals surface area contributed by atoms with E-state index in [0.29, 0.717) is 5.82 Å². The number of alkyl halides is 3. The molecule has 1 aliphatic heterocycles. The monoisotopic (exact) mass is 294 g/mol. The lowest BCUT2D eigenvalue weighted by Gasteiger charge is -2.33. The van der Waals surface area contributed by atoms with E-state index in [4.69, 9.17) is 0 Å². The standard InChI is InChI=1S/C10H13F3N4O3/c11-10(12,13)6-5-17(3-4-20-6)8(18)2-1-7-14-9(19)16-15-7/h6H,1-5H2,(H2,14,15,16,19). The molecule has 2 heterocycles. The second-order valence-corrected chi connectivity index (χ2v) is 4.37. The van der Waals surface area contributed by atoms with Crippen LogP contribution in [0, 0.1) is 0 Å². The summed E-state index contributed by atoms with van der Waals surface area (Å²) in [7, 11) is 0. The Morgan fingerprint density at radius 3 is 2.85 bits per heavy atom. The van der Waals surface area contributed by atoms with Gasteiger partial charge in [-0.25, -0.2) is 9.89 Å². The van der Waals surface area contributed by atoms with Crippen molar-refractivity contribution in [3.05, 3.63) is 16.3 Å². The summed E-state index contributed by atoms with van der Waals surface area (Å²) >= 11 is 0. The summed E-state index contributed by atoms with van der Waals surface area (Å²) in [6, 6.07) is 0. The van der Waals surface area contributed by atoms with Crippen LogP contribution in [0.4, 0.5) is 13.2 Å². The lowest BCUT2D eigenvalue weighted by Crippen LogP contribution is -2.51. The molecule has 0 aromatic carbocycles. The lowest BCUT2D eigenvalue weighted by atomic mass is 10.2. The third-order valence-corrected chi connectivity index (χ3v) is 2.91. The van der Waals surface area contributed by atoms with Gasteiger partial charge in [0.05, 0.1) is 13.2 Å². The third-order valence-electron chi connectivity index (χ3n) is 2.91. The fraction of sp³-hybridized carbons (Fsp3) is 0.700. The normalized spacial score (nSPS) is 20.1. The van der Waals surface area contributed by atoms with Crippen molar-refractivity contribution in [3.63, 3.8) is 0 Å². The van der Waals surface area contributed by atoms with E-state index >= 15 is 0 Å². The third kappa shape index (κ3) is 3.59. The molecule has 0 saturated carbocycles. The zero-order chi connectivity index (χ0) is 14.8. The maximum absolute atomic E-state index is 12.5. The first-order chi connectivity index (χ1) is 9.36. The van der Waals surface area contributed by atoms with Crippen molar-refractivity contribution in [2.45, 2.75) is 25.1 Å². The van der Waals surface area contributed by atoms with Crippen molar-refractivity contribution in [1.29, 1.82) is 0 Å². The van der Waals surface area contributed by atoms with Gasteiger partial charge in [0.25, 0.3) is 0 Å². The molecule has 1 saturated heterocycles. The first-order valence-electron chi connectivity index (χ1n) is 5.96. The minimum Gasteiger partial charge on any atom is -0.365 e. The van der Waals surface area contributed by atoms with Gasteiger partial charge in [-0.3, -0.25) is 9.78 Å². The van der Waals surface area contributed by atoms with Gasteiger partial charge in [0.15, 0.2) is 6.10 Å². The number of aromatic nitrogens is 3. The van der Waals surface area contributed by atoms with Gasteiger partial charge in [-0.1, -0.05) is 0 Å². The summed E-state index contributed by atoms with van der Waals surface area (Å²) in [6.07, 6.45) is -6.28. The number of nitrogens with one attached hydrogen (secondary N) is 2. The topological polar surface area (TPSA) is 91.1 Å². The largest absolute Gasteiger partial charge is 0.416 e. The van der Waals surface area contributed by atoms with Gasteiger partial charge < -0.3 is 9.64 Å². The van der Waals surface area contributed by atoms with Crippen LogP contribution in [0.15, 0.2) is 4.79 Å². The van der Waals surface area contributed by atoms with Gasteiger partial charge in [-0.2, -0.15) is 18.3 Å². The second-order valence-electron chi connectivity index (χ2n) is 4.37. The molecule has 1 fully saturated rings. The summed E-state index contributed by atoms with van der Waals surface area (Å²) < 4.78 is 42.1. The van der Waals surface area contributed by atoms with Crippen LogP contribution in [0.5, 0.6) is 0 Å². The van der Waals surface area contributed by atoms with Gasteiger partial charge in [0.1, 0.15) is 5.82 Å². The van der Waals surface area contributed by atoms with Gasteiger partial charge in [-0.05, 0) is 0 Å². The zero-order valence-electron chi connectivity index (χ0n) is 10.4. The number of carbonyl (C=O) groups is 1. The molecule has 7 nitrogen and oxygen atoms in total. The van der Waals surface area contributed by atoms with E-state index in [2.05, 4.69) is 19.9 Å². The number of morpholine rings is 1. The summed E-state index contributed by atoms with van der Waals surface area (Å²) in [4.78, 5) is 26.1. The number of rotatable bonds is 3. The minimum absolute atomic E-state index is 0.0224. The first kappa shape index (κ1) is 14.6. The van der Waals surface area contributed by atoms with Crippen LogP contribution in [-0.2, 0) is 16.0 Å². The van der Waals surface area contributed by atoms with Crippen molar-refractivity contribution >= 4 is 5.91 Å². The Hall–Kier alpha value is -1.84. The molecular formula is C10H13F3N4O3. The van der Waals surface area contributed by atoms with Crippen molar-refractivity contribution in [2.75, 3.05) is 19.7 Å². The molecule has 20 heavy (non-hydrogen) atoms. The minimum atomic E-state index is -4.48. The maximum atomic E-state index is 12.5. The van der Waals surface area contributed by atoms with Crippen molar-refractivity contribution in [2.24, 2.45) is 0 Å². The fourth-order valence-corrected chi connectivity index (χ4v) is 1.88. The van der Waals surface area contributed by atoms with Crippen LogP contribution >= 0.6 is 0 Å². The van der Waals surface area contributed by atoms with Crippen LogP contribution in [-0.4, -0.2) is 58.0 Å². The maximum Gasteiger partial charge on any atom is 0.416 e. The highest BCUT2D eigenvalue weighted by Gasteiger charge is 2.44. The van der Waals surface area contributed by atoms with Crippen LogP contribution in [0.25, 0.3) is 0 Å². The highest BCUT2D eigenvalue weighted by atomic mass is 19.4. The Labute approximate surface area is 111 Å². The predicted octanol–water partition coefficient (Wildman–Crippen LogP) is -0.180. The lowest BCUT2D eigenvalue weighted by molar-refractivity contribution is -0.236. The molecule has 0 spiro atoms. The Morgan fingerprint density at radius 1 is 1.50 bits per heavy atom. The number of hydrogen-bond donors (Lipinski definition) is 2. The summed E-state index contributed by atoms with van der Waals surface area (Å²) in [5, 5.41) is 5.76. The molecule has 1 amide bonds. The number of halogens is 3. The molecule has 2 rings (SSSR count). The van der Waals surface area contributed by atoms with E-state index in [1.807, 2.05) is 0 Å². The number of nitrogens with zero attached hydrogens (tertiary/aromatic N) is 2. The summed E-state index contributed by atoms with van der Waals surface area (Å²) in [5.74, 6) is -0.129. The number of H-pyrrole nitrogens is 2. The SMILES string of the molecule is O=C(CCc1n[nH]c(=O)[nH]1)N1CCOC(C(F)(F)F)C1. The molecule has 10 heteroatoms. The number of aryl methyl sites for hydroxylation is 1. The van der Waals surface area contributed by atoms with E-state index < -0.39 is 30.4 Å². The van der Waals surface area contributed by atoms with Gasteiger partial charge in [0.2, 0.25) is 5.91 Å². The van der Waals surface area contributed by atoms with Gasteiger partial charge in [0, 0.05) is 19.4 Å².